The highest BCUT2D eigenvalue weighted by molar-refractivity contribution is 7.92. The van der Waals surface area contributed by atoms with Gasteiger partial charge in [-0.05, 0) is 49.2 Å². The Labute approximate surface area is 257 Å². The van der Waals surface area contributed by atoms with Crippen LogP contribution in [0, 0.1) is 0 Å². The van der Waals surface area contributed by atoms with E-state index in [4.69, 9.17) is 32.7 Å². The van der Waals surface area contributed by atoms with Crippen LogP contribution in [0.4, 0.5) is 5.69 Å². The number of sulfonamides is 1. The van der Waals surface area contributed by atoms with Crippen LogP contribution in [-0.4, -0.2) is 64.2 Å². The Kier molecular flexibility index (Phi) is 11.5. The molecule has 3 aromatic rings. The minimum atomic E-state index is -4.00. The summed E-state index contributed by atoms with van der Waals surface area (Å²) >= 11 is 12.4. The van der Waals surface area contributed by atoms with Crippen molar-refractivity contribution in [3.8, 4) is 11.5 Å². The highest BCUT2D eigenvalue weighted by atomic mass is 35.5. The maximum Gasteiger partial charge on any atom is 0.244 e. The summed E-state index contributed by atoms with van der Waals surface area (Å²) in [5.74, 6) is -0.399. The van der Waals surface area contributed by atoms with Gasteiger partial charge in [0.05, 0.1) is 36.2 Å². The lowest BCUT2D eigenvalue weighted by atomic mass is 10.0. The van der Waals surface area contributed by atoms with Gasteiger partial charge in [0.15, 0.2) is 0 Å². The quantitative estimate of drug-likeness (QED) is 0.285. The highest BCUT2D eigenvalue weighted by Gasteiger charge is 2.34. The van der Waals surface area contributed by atoms with Crippen molar-refractivity contribution in [3.63, 3.8) is 0 Å². The van der Waals surface area contributed by atoms with Crippen molar-refractivity contribution in [3.05, 3.63) is 87.9 Å². The molecular weight excluding hydrogens is 601 g/mol. The van der Waals surface area contributed by atoms with Crippen molar-refractivity contribution in [2.75, 3.05) is 31.3 Å². The summed E-state index contributed by atoms with van der Waals surface area (Å²) in [4.78, 5) is 29.2. The first-order chi connectivity index (χ1) is 19.8. The number of halogens is 2. The molecule has 0 aliphatic rings. The highest BCUT2D eigenvalue weighted by Crippen LogP contribution is 2.34. The number of rotatable bonds is 13. The number of ether oxygens (including phenoxy) is 2. The molecular formula is C30H35Cl2N3O6S. The molecule has 3 aromatic carbocycles. The van der Waals surface area contributed by atoms with E-state index in [2.05, 4.69) is 5.32 Å². The number of hydrogen-bond donors (Lipinski definition) is 1. The SMILES string of the molecule is COc1ccc(OC)c(N(CC(=O)N(Cc2ccc(Cl)c(Cl)c2)[C@@H](Cc2ccccc2)C(=O)NC(C)C)S(C)(=O)=O)c1. The third-order valence-electron chi connectivity index (χ3n) is 6.37. The van der Waals surface area contributed by atoms with Crippen LogP contribution in [0.3, 0.4) is 0 Å². The van der Waals surface area contributed by atoms with E-state index in [1.807, 2.05) is 44.2 Å². The lowest BCUT2D eigenvalue weighted by Gasteiger charge is -2.34. The molecule has 0 aliphatic heterocycles. The van der Waals surface area contributed by atoms with Crippen LogP contribution >= 0.6 is 23.2 Å². The Morgan fingerprint density at radius 2 is 1.60 bits per heavy atom. The van der Waals surface area contributed by atoms with E-state index >= 15 is 0 Å². The molecule has 42 heavy (non-hydrogen) atoms. The van der Waals surface area contributed by atoms with Gasteiger partial charge in [-0.15, -0.1) is 0 Å². The first-order valence-electron chi connectivity index (χ1n) is 13.1. The predicted molar refractivity (Wildman–Crippen MR) is 166 cm³/mol. The molecule has 0 saturated heterocycles. The van der Waals surface area contributed by atoms with Gasteiger partial charge in [0.25, 0.3) is 0 Å². The van der Waals surface area contributed by atoms with Crippen molar-refractivity contribution < 1.29 is 27.5 Å². The molecule has 0 aliphatic carbocycles. The van der Waals surface area contributed by atoms with E-state index in [-0.39, 0.29) is 41.4 Å². The van der Waals surface area contributed by atoms with E-state index in [0.29, 0.717) is 16.3 Å². The fourth-order valence-electron chi connectivity index (χ4n) is 4.36. The normalized spacial score (nSPS) is 12.0. The van der Waals surface area contributed by atoms with Crippen molar-refractivity contribution in [1.29, 1.82) is 0 Å². The van der Waals surface area contributed by atoms with Gasteiger partial charge in [-0.25, -0.2) is 8.42 Å². The summed E-state index contributed by atoms with van der Waals surface area (Å²) in [6.45, 7) is 3.00. The Balaban J connectivity index is 2.13. The molecule has 12 heteroatoms. The number of amides is 2. The maximum absolute atomic E-state index is 14.2. The number of carbonyl (C=O) groups is 2. The van der Waals surface area contributed by atoms with E-state index < -0.39 is 28.5 Å². The summed E-state index contributed by atoms with van der Waals surface area (Å²) in [5.41, 5.74) is 1.55. The standard InChI is InChI=1S/C30H35Cl2N3O6S/c1-20(2)33-30(37)27(16-21-9-7-6-8-10-21)34(18-22-11-13-24(31)25(32)15-22)29(36)19-35(42(5,38)39)26-17-23(40-3)12-14-28(26)41-4/h6-15,17,20,27H,16,18-19H2,1-5H3,(H,33,37)/t27-/m0/s1. The molecule has 226 valence electrons. The van der Waals surface area contributed by atoms with E-state index in [1.54, 1.807) is 30.3 Å². The molecule has 0 saturated carbocycles. The minimum absolute atomic E-state index is 0.0361. The first kappa shape index (κ1) is 33.0. The summed E-state index contributed by atoms with van der Waals surface area (Å²) < 4.78 is 37.8. The van der Waals surface area contributed by atoms with Crippen LogP contribution in [0.1, 0.15) is 25.0 Å². The number of anilines is 1. The lowest BCUT2D eigenvalue weighted by molar-refractivity contribution is -0.140. The Morgan fingerprint density at radius 3 is 2.17 bits per heavy atom. The molecule has 0 spiro atoms. The lowest BCUT2D eigenvalue weighted by Crippen LogP contribution is -2.54. The summed E-state index contributed by atoms with van der Waals surface area (Å²) in [5, 5.41) is 3.53. The molecule has 1 N–H and O–H groups in total. The second-order valence-corrected chi connectivity index (χ2v) is 12.7. The number of carbonyl (C=O) groups excluding carboxylic acids is 2. The Morgan fingerprint density at radius 1 is 0.905 bits per heavy atom. The number of methoxy groups -OCH3 is 2. The summed E-state index contributed by atoms with van der Waals surface area (Å²) in [6.07, 6.45) is 1.18. The molecule has 0 radical (unpaired) electrons. The molecule has 0 unspecified atom stereocenters. The molecule has 3 rings (SSSR count). The van der Waals surface area contributed by atoms with Gasteiger partial charge < -0.3 is 19.7 Å². The Bertz CT molecular complexity index is 1500. The van der Waals surface area contributed by atoms with Crippen LogP contribution in [0.25, 0.3) is 0 Å². The van der Waals surface area contributed by atoms with Gasteiger partial charge in [-0.1, -0.05) is 59.6 Å². The largest absolute Gasteiger partial charge is 0.497 e. The second kappa shape index (κ2) is 14.6. The number of hydrogen-bond acceptors (Lipinski definition) is 6. The van der Waals surface area contributed by atoms with Crippen LogP contribution in [0.5, 0.6) is 11.5 Å². The number of nitrogens with one attached hydrogen (secondary N) is 1. The molecule has 2 amide bonds. The Hall–Kier alpha value is -3.47. The first-order valence-corrected chi connectivity index (χ1v) is 15.7. The molecule has 9 nitrogen and oxygen atoms in total. The van der Waals surface area contributed by atoms with Crippen molar-refractivity contribution in [2.24, 2.45) is 0 Å². The van der Waals surface area contributed by atoms with Crippen molar-refractivity contribution >= 4 is 50.7 Å². The molecule has 0 aromatic heterocycles. The third-order valence-corrected chi connectivity index (χ3v) is 8.24. The van der Waals surface area contributed by atoms with E-state index in [1.165, 1.54) is 25.2 Å². The molecule has 0 fully saturated rings. The fourth-order valence-corrected chi connectivity index (χ4v) is 5.52. The van der Waals surface area contributed by atoms with Gasteiger partial charge >= 0.3 is 0 Å². The van der Waals surface area contributed by atoms with Gasteiger partial charge in [-0.2, -0.15) is 0 Å². The van der Waals surface area contributed by atoms with Gasteiger partial charge in [0.2, 0.25) is 21.8 Å². The molecule has 1 atom stereocenters. The van der Waals surface area contributed by atoms with Crippen molar-refractivity contribution in [2.45, 2.75) is 38.9 Å². The third kappa shape index (κ3) is 8.77. The molecule has 0 bridgehead atoms. The molecule has 0 heterocycles. The van der Waals surface area contributed by atoms with Crippen LogP contribution < -0.4 is 19.1 Å². The average Bonchev–Trinajstić information content (AvgIpc) is 2.94. The zero-order chi connectivity index (χ0) is 31.0. The predicted octanol–water partition coefficient (Wildman–Crippen LogP) is 4.94. The summed E-state index contributed by atoms with van der Waals surface area (Å²) in [7, 11) is -1.16. The zero-order valence-corrected chi connectivity index (χ0v) is 26.5. The minimum Gasteiger partial charge on any atom is -0.497 e. The monoisotopic (exact) mass is 635 g/mol. The van der Waals surface area contributed by atoms with Crippen molar-refractivity contribution in [1.82, 2.24) is 10.2 Å². The summed E-state index contributed by atoms with van der Waals surface area (Å²) in [6, 6.07) is 17.7. The van der Waals surface area contributed by atoms with Crippen LogP contribution in [-0.2, 0) is 32.6 Å². The maximum atomic E-state index is 14.2. The fraction of sp³-hybridized carbons (Fsp3) is 0.333. The van der Waals surface area contributed by atoms with Gasteiger partial charge in [-0.3, -0.25) is 13.9 Å². The smallest absolute Gasteiger partial charge is 0.244 e. The average molecular weight is 637 g/mol. The van der Waals surface area contributed by atoms with Crippen LogP contribution in [0.15, 0.2) is 66.7 Å². The van der Waals surface area contributed by atoms with Crippen LogP contribution in [0.2, 0.25) is 10.0 Å². The second-order valence-electron chi connectivity index (χ2n) is 9.95. The number of benzene rings is 3. The zero-order valence-electron chi connectivity index (χ0n) is 24.1. The number of nitrogens with zero attached hydrogens (tertiary/aromatic N) is 2. The van der Waals surface area contributed by atoms with E-state index in [0.717, 1.165) is 16.1 Å². The van der Waals surface area contributed by atoms with Gasteiger partial charge in [0, 0.05) is 25.1 Å². The van der Waals surface area contributed by atoms with E-state index in [9.17, 15) is 18.0 Å². The topological polar surface area (TPSA) is 105 Å². The van der Waals surface area contributed by atoms with Gasteiger partial charge in [0.1, 0.15) is 24.1 Å².